The molecule has 0 bridgehead atoms. The molecule has 2 aromatic rings. The van der Waals surface area contributed by atoms with Crippen LogP contribution in [0, 0.1) is 0 Å². The van der Waals surface area contributed by atoms with Crippen LogP contribution in [0.1, 0.15) is 28.8 Å². The van der Waals surface area contributed by atoms with E-state index in [1.165, 1.54) is 0 Å². The Bertz CT molecular complexity index is 914. The third kappa shape index (κ3) is 3.77. The molecule has 1 atom stereocenters. The number of anilines is 1. The summed E-state index contributed by atoms with van der Waals surface area (Å²) in [6.45, 7) is 1.29. The minimum atomic E-state index is -0.211. The normalized spacial score (nSPS) is 20.0. The van der Waals surface area contributed by atoms with Crippen molar-refractivity contribution < 1.29 is 19.1 Å². The highest BCUT2D eigenvalue weighted by Gasteiger charge is 2.27. The molecule has 2 aliphatic rings. The number of fused-ring (bicyclic) bond motifs is 1. The Balaban J connectivity index is 1.45. The first-order chi connectivity index (χ1) is 13.6. The van der Waals surface area contributed by atoms with E-state index >= 15 is 0 Å². The van der Waals surface area contributed by atoms with Crippen molar-refractivity contribution in [2.45, 2.75) is 18.9 Å². The predicted octanol–water partition coefficient (Wildman–Crippen LogP) is 2.99. The van der Waals surface area contributed by atoms with E-state index in [0.717, 1.165) is 30.7 Å². The number of benzene rings is 2. The minimum Gasteiger partial charge on any atom is -0.449 e. The molecule has 0 spiro atoms. The van der Waals surface area contributed by atoms with Gasteiger partial charge in [-0.2, -0.15) is 0 Å². The van der Waals surface area contributed by atoms with Gasteiger partial charge >= 0.3 is 0 Å². The molecular weight excluding hydrogens is 356 g/mol. The quantitative estimate of drug-likeness (QED) is 0.831. The van der Waals surface area contributed by atoms with Crippen molar-refractivity contribution in [3.05, 3.63) is 65.4 Å². The fourth-order valence-electron chi connectivity index (χ4n) is 3.34. The van der Waals surface area contributed by atoms with Gasteiger partial charge in [0.05, 0.1) is 11.8 Å². The van der Waals surface area contributed by atoms with Crippen LogP contribution in [0.2, 0.25) is 0 Å². The molecule has 2 aromatic carbocycles. The second-order valence-electron chi connectivity index (χ2n) is 6.91. The number of hydrogen-bond acceptors (Lipinski definition) is 4. The number of hydrogen-bond donors (Lipinski definition) is 1. The molecule has 2 heterocycles. The summed E-state index contributed by atoms with van der Waals surface area (Å²) in [5.41, 5.74) is 2.09. The van der Waals surface area contributed by atoms with Crippen molar-refractivity contribution >= 4 is 23.6 Å². The van der Waals surface area contributed by atoms with Gasteiger partial charge in [0.15, 0.2) is 11.5 Å². The summed E-state index contributed by atoms with van der Waals surface area (Å²) >= 11 is 0. The van der Waals surface area contributed by atoms with Crippen LogP contribution in [-0.2, 0) is 9.53 Å². The summed E-state index contributed by atoms with van der Waals surface area (Å²) < 4.78 is 11.3. The summed E-state index contributed by atoms with van der Waals surface area (Å²) in [5, 5.41) is 2.90. The number of amides is 2. The maximum absolute atomic E-state index is 12.5. The van der Waals surface area contributed by atoms with Crippen molar-refractivity contribution in [3.8, 4) is 5.75 Å². The van der Waals surface area contributed by atoms with E-state index in [4.69, 9.17) is 9.47 Å². The molecule has 0 aliphatic carbocycles. The Hall–Kier alpha value is -3.12. The minimum absolute atomic E-state index is 0.113. The Morgan fingerprint density at radius 1 is 1.21 bits per heavy atom. The Labute approximate surface area is 163 Å². The lowest BCUT2D eigenvalue weighted by Gasteiger charge is -2.27. The van der Waals surface area contributed by atoms with Crippen LogP contribution in [-0.4, -0.2) is 38.1 Å². The molecule has 1 saturated heterocycles. The fourth-order valence-corrected chi connectivity index (χ4v) is 3.34. The molecular formula is C22H22N2O4. The molecule has 0 aromatic heterocycles. The number of ether oxygens (including phenoxy) is 2. The lowest BCUT2D eigenvalue weighted by atomic mass is 10.1. The van der Waals surface area contributed by atoms with Crippen LogP contribution < -0.4 is 15.0 Å². The van der Waals surface area contributed by atoms with Gasteiger partial charge in [-0.05, 0) is 48.7 Å². The number of likely N-dealkylation sites (N-methyl/N-ethyl adjacent to an activating group) is 1. The number of carbonyl (C=O) groups excluding carboxylic acids is 2. The van der Waals surface area contributed by atoms with Crippen LogP contribution in [0.15, 0.2) is 54.3 Å². The SMILES string of the molecule is CN1C(=O)/C(=C/c2ccc(C(=O)NCC3CCCO3)cc2)Oc2ccccc21. The van der Waals surface area contributed by atoms with Crippen LogP contribution >= 0.6 is 0 Å². The molecule has 6 nitrogen and oxygen atoms in total. The fraction of sp³-hybridized carbons (Fsp3) is 0.273. The lowest BCUT2D eigenvalue weighted by Crippen LogP contribution is -2.33. The average Bonchev–Trinajstić information content (AvgIpc) is 3.24. The molecule has 28 heavy (non-hydrogen) atoms. The molecule has 1 fully saturated rings. The van der Waals surface area contributed by atoms with Crippen LogP contribution in [0.3, 0.4) is 0 Å². The topological polar surface area (TPSA) is 67.9 Å². The van der Waals surface area contributed by atoms with Gasteiger partial charge in [0, 0.05) is 25.8 Å². The predicted molar refractivity (Wildman–Crippen MR) is 106 cm³/mol. The first-order valence-electron chi connectivity index (χ1n) is 9.38. The third-order valence-corrected chi connectivity index (χ3v) is 4.95. The van der Waals surface area contributed by atoms with Gasteiger partial charge in [0.1, 0.15) is 0 Å². The van der Waals surface area contributed by atoms with Crippen molar-refractivity contribution in [3.63, 3.8) is 0 Å². The molecule has 6 heteroatoms. The molecule has 0 radical (unpaired) electrons. The van der Waals surface area contributed by atoms with Crippen LogP contribution in [0.25, 0.3) is 6.08 Å². The van der Waals surface area contributed by atoms with E-state index in [-0.39, 0.29) is 23.7 Å². The number of carbonyl (C=O) groups is 2. The van der Waals surface area contributed by atoms with E-state index in [2.05, 4.69) is 5.32 Å². The Morgan fingerprint density at radius 3 is 2.75 bits per heavy atom. The third-order valence-electron chi connectivity index (χ3n) is 4.95. The maximum atomic E-state index is 12.5. The maximum Gasteiger partial charge on any atom is 0.293 e. The van der Waals surface area contributed by atoms with Crippen molar-refractivity contribution in [2.75, 3.05) is 25.1 Å². The molecule has 144 valence electrons. The molecule has 1 N–H and O–H groups in total. The molecule has 0 saturated carbocycles. The van der Waals surface area contributed by atoms with Crippen molar-refractivity contribution in [2.24, 2.45) is 0 Å². The smallest absolute Gasteiger partial charge is 0.293 e. The molecule has 2 aliphatic heterocycles. The van der Waals surface area contributed by atoms with Crippen LogP contribution in [0.5, 0.6) is 5.75 Å². The second-order valence-corrected chi connectivity index (χ2v) is 6.91. The summed E-state index contributed by atoms with van der Waals surface area (Å²) in [5.74, 6) is 0.545. The zero-order valence-electron chi connectivity index (χ0n) is 15.7. The van der Waals surface area contributed by atoms with E-state index in [1.807, 2.05) is 24.3 Å². The van der Waals surface area contributed by atoms with Gasteiger partial charge < -0.3 is 19.7 Å². The zero-order chi connectivity index (χ0) is 19.5. The largest absolute Gasteiger partial charge is 0.449 e. The monoisotopic (exact) mass is 378 g/mol. The molecule has 2 amide bonds. The van der Waals surface area contributed by atoms with Gasteiger partial charge in [0.2, 0.25) is 0 Å². The summed E-state index contributed by atoms with van der Waals surface area (Å²) in [7, 11) is 1.72. The highest BCUT2D eigenvalue weighted by Crippen LogP contribution is 2.34. The Morgan fingerprint density at radius 2 is 2.00 bits per heavy atom. The van der Waals surface area contributed by atoms with Gasteiger partial charge in [-0.3, -0.25) is 9.59 Å². The lowest BCUT2D eigenvalue weighted by molar-refractivity contribution is -0.117. The van der Waals surface area contributed by atoms with E-state index in [0.29, 0.717) is 17.9 Å². The summed E-state index contributed by atoms with van der Waals surface area (Å²) in [4.78, 5) is 26.4. The van der Waals surface area contributed by atoms with Crippen molar-refractivity contribution in [1.29, 1.82) is 0 Å². The molecule has 4 rings (SSSR count). The van der Waals surface area contributed by atoms with Gasteiger partial charge in [0.25, 0.3) is 11.8 Å². The second kappa shape index (κ2) is 7.86. The highest BCUT2D eigenvalue weighted by molar-refractivity contribution is 6.09. The summed E-state index contributed by atoms with van der Waals surface area (Å²) in [6, 6.07) is 14.5. The standard InChI is InChI=1S/C22H22N2O4/c1-24-18-6-2-3-7-19(18)28-20(22(24)26)13-15-8-10-16(11-9-15)21(25)23-14-17-5-4-12-27-17/h2-3,6-11,13,17H,4-5,12,14H2,1H3,(H,23,25)/b20-13-. The highest BCUT2D eigenvalue weighted by atomic mass is 16.5. The zero-order valence-corrected chi connectivity index (χ0v) is 15.7. The number of nitrogens with one attached hydrogen (secondary N) is 1. The number of para-hydroxylation sites is 2. The first kappa shape index (κ1) is 18.3. The Kier molecular flexibility index (Phi) is 5.12. The van der Waals surface area contributed by atoms with E-state index in [9.17, 15) is 9.59 Å². The van der Waals surface area contributed by atoms with Gasteiger partial charge in [-0.15, -0.1) is 0 Å². The average molecular weight is 378 g/mol. The summed E-state index contributed by atoms with van der Waals surface area (Å²) in [6.07, 6.45) is 3.83. The first-order valence-corrected chi connectivity index (χ1v) is 9.38. The van der Waals surface area contributed by atoms with Gasteiger partial charge in [-0.1, -0.05) is 24.3 Å². The van der Waals surface area contributed by atoms with Crippen molar-refractivity contribution in [1.82, 2.24) is 5.32 Å². The van der Waals surface area contributed by atoms with Crippen LogP contribution in [0.4, 0.5) is 5.69 Å². The van der Waals surface area contributed by atoms with Gasteiger partial charge in [-0.25, -0.2) is 0 Å². The number of nitrogens with zero attached hydrogens (tertiary/aromatic N) is 1. The molecule has 1 unspecified atom stereocenters. The van der Waals surface area contributed by atoms with E-state index < -0.39 is 0 Å². The van der Waals surface area contributed by atoms with E-state index in [1.54, 1.807) is 42.3 Å². The number of rotatable bonds is 4.